The molecule has 0 saturated heterocycles. The summed E-state index contributed by atoms with van der Waals surface area (Å²) in [6.07, 6.45) is -2.81. The Kier molecular flexibility index (Phi) is 4.49. The lowest BCUT2D eigenvalue weighted by atomic mass is 10.1. The largest absolute Gasteiger partial charge is 0.416 e. The highest BCUT2D eigenvalue weighted by molar-refractivity contribution is 7.10. The maximum atomic E-state index is 12.5. The van der Waals surface area contributed by atoms with E-state index >= 15 is 0 Å². The molecule has 1 N–H and O–H groups in total. The molecule has 0 bridgehead atoms. The van der Waals surface area contributed by atoms with Gasteiger partial charge >= 0.3 is 6.18 Å². The second-order valence-corrected chi connectivity index (χ2v) is 5.92. The van der Waals surface area contributed by atoms with Crippen molar-refractivity contribution in [3.05, 3.63) is 59.3 Å². The average Bonchev–Trinajstić information content (AvgIpc) is 3.03. The fraction of sp³-hybridized carbons (Fsp3) is 0.125. The van der Waals surface area contributed by atoms with Gasteiger partial charge < -0.3 is 0 Å². The number of hydrogen-bond acceptors (Lipinski definition) is 5. The van der Waals surface area contributed by atoms with Gasteiger partial charge in [0.15, 0.2) is 5.82 Å². The molecule has 1 amide bonds. The number of halogens is 3. The Bertz CT molecular complexity index is 906. The Morgan fingerprint density at radius 3 is 2.52 bits per heavy atom. The number of anilines is 1. The number of aryl methyl sites for hydroxylation is 1. The van der Waals surface area contributed by atoms with Crippen molar-refractivity contribution in [3.63, 3.8) is 0 Å². The molecule has 0 aliphatic heterocycles. The van der Waals surface area contributed by atoms with E-state index < -0.39 is 17.6 Å². The first-order chi connectivity index (χ1) is 11.8. The maximum Gasteiger partial charge on any atom is 0.416 e. The second kappa shape index (κ2) is 6.60. The standard InChI is InChI=1S/C16H11F3N4OS/c1-9-6-7-20-12(8-9)13-21-15(25-23-13)22-14(24)10-2-4-11(5-3-10)16(17,18)19/h2-8H,1H3,(H,21,22,23,24). The van der Waals surface area contributed by atoms with Crippen molar-refractivity contribution in [2.24, 2.45) is 0 Å². The Labute approximate surface area is 144 Å². The van der Waals surface area contributed by atoms with E-state index in [2.05, 4.69) is 19.7 Å². The number of benzene rings is 1. The third-order valence-corrected chi connectivity index (χ3v) is 3.90. The lowest BCUT2D eigenvalue weighted by Crippen LogP contribution is -2.12. The highest BCUT2D eigenvalue weighted by atomic mass is 32.1. The van der Waals surface area contributed by atoms with Gasteiger partial charge in [-0.1, -0.05) is 0 Å². The smallest absolute Gasteiger partial charge is 0.297 e. The fourth-order valence-corrected chi connectivity index (χ4v) is 2.59. The first kappa shape index (κ1) is 17.0. The molecule has 1 aromatic carbocycles. The van der Waals surface area contributed by atoms with Gasteiger partial charge in [0.05, 0.1) is 5.56 Å². The van der Waals surface area contributed by atoms with E-state index in [4.69, 9.17) is 0 Å². The summed E-state index contributed by atoms with van der Waals surface area (Å²) in [6.45, 7) is 1.91. The van der Waals surface area contributed by atoms with Crippen molar-refractivity contribution >= 4 is 22.6 Å². The number of alkyl halides is 3. The molecule has 2 aromatic heterocycles. The van der Waals surface area contributed by atoms with Gasteiger partial charge in [0, 0.05) is 23.3 Å². The van der Waals surface area contributed by atoms with E-state index in [1.807, 2.05) is 19.1 Å². The van der Waals surface area contributed by atoms with Gasteiger partial charge in [-0.3, -0.25) is 15.1 Å². The maximum absolute atomic E-state index is 12.5. The van der Waals surface area contributed by atoms with Crippen LogP contribution in [0.1, 0.15) is 21.5 Å². The summed E-state index contributed by atoms with van der Waals surface area (Å²) in [5, 5.41) is 2.76. The Hall–Kier alpha value is -2.81. The van der Waals surface area contributed by atoms with Crippen molar-refractivity contribution < 1.29 is 18.0 Å². The molecule has 0 aliphatic rings. The lowest BCUT2D eigenvalue weighted by Gasteiger charge is -2.07. The van der Waals surface area contributed by atoms with Gasteiger partial charge in [0.25, 0.3) is 5.91 Å². The number of aromatic nitrogens is 3. The number of pyridine rings is 1. The molecule has 5 nitrogen and oxygen atoms in total. The van der Waals surface area contributed by atoms with Crippen LogP contribution in [0.4, 0.5) is 18.3 Å². The molecule has 0 radical (unpaired) electrons. The van der Waals surface area contributed by atoms with Crippen LogP contribution in [-0.4, -0.2) is 20.2 Å². The molecular weight excluding hydrogens is 353 g/mol. The van der Waals surface area contributed by atoms with Crippen LogP contribution >= 0.6 is 11.5 Å². The summed E-state index contributed by atoms with van der Waals surface area (Å²) in [4.78, 5) is 20.4. The predicted molar refractivity (Wildman–Crippen MR) is 87.3 cm³/mol. The van der Waals surface area contributed by atoms with Gasteiger partial charge in [0.2, 0.25) is 5.13 Å². The van der Waals surface area contributed by atoms with Crippen LogP contribution < -0.4 is 5.32 Å². The molecule has 0 aliphatic carbocycles. The zero-order valence-corrected chi connectivity index (χ0v) is 13.6. The van der Waals surface area contributed by atoms with Gasteiger partial charge in [0.1, 0.15) is 5.69 Å². The van der Waals surface area contributed by atoms with Crippen LogP contribution in [0.5, 0.6) is 0 Å². The van der Waals surface area contributed by atoms with Gasteiger partial charge in [-0.25, -0.2) is 0 Å². The first-order valence-electron chi connectivity index (χ1n) is 7.08. The molecular formula is C16H11F3N4OS. The summed E-state index contributed by atoms with van der Waals surface area (Å²) in [7, 11) is 0. The molecule has 3 aromatic rings. The zero-order chi connectivity index (χ0) is 18.0. The molecule has 0 fully saturated rings. The summed E-state index contributed by atoms with van der Waals surface area (Å²) >= 11 is 0.968. The first-order valence-corrected chi connectivity index (χ1v) is 7.85. The number of carbonyl (C=O) groups excluding carboxylic acids is 1. The van der Waals surface area contributed by atoms with Crippen molar-refractivity contribution in [1.82, 2.24) is 14.3 Å². The van der Waals surface area contributed by atoms with Crippen LogP contribution in [0.25, 0.3) is 11.5 Å². The monoisotopic (exact) mass is 364 g/mol. The summed E-state index contributed by atoms with van der Waals surface area (Å²) in [5.74, 6) is -0.190. The minimum Gasteiger partial charge on any atom is -0.297 e. The Balaban J connectivity index is 1.73. The summed E-state index contributed by atoms with van der Waals surface area (Å²) in [6, 6.07) is 7.59. The van der Waals surface area contributed by atoms with Crippen LogP contribution in [0, 0.1) is 6.92 Å². The molecule has 0 saturated carbocycles. The third kappa shape index (κ3) is 4.00. The fourth-order valence-electron chi connectivity index (χ4n) is 2.02. The number of rotatable bonds is 3. The SMILES string of the molecule is Cc1ccnc(-c2nsc(NC(=O)c3ccc(C(F)(F)F)cc3)n2)c1. The van der Waals surface area contributed by atoms with Crippen LogP contribution in [-0.2, 0) is 6.18 Å². The molecule has 0 unspecified atom stereocenters. The highest BCUT2D eigenvalue weighted by Gasteiger charge is 2.30. The van der Waals surface area contributed by atoms with Gasteiger partial charge in [-0.15, -0.1) is 0 Å². The molecule has 9 heteroatoms. The minimum absolute atomic E-state index is 0.0958. The zero-order valence-electron chi connectivity index (χ0n) is 12.8. The average molecular weight is 364 g/mol. The van der Waals surface area contributed by atoms with Gasteiger partial charge in [-0.05, 0) is 48.9 Å². The normalized spacial score (nSPS) is 11.4. The Morgan fingerprint density at radius 2 is 1.88 bits per heavy atom. The minimum atomic E-state index is -4.44. The van der Waals surface area contributed by atoms with E-state index in [1.165, 1.54) is 0 Å². The van der Waals surface area contributed by atoms with Crippen molar-refractivity contribution in [2.45, 2.75) is 13.1 Å². The van der Waals surface area contributed by atoms with Crippen LogP contribution in [0.2, 0.25) is 0 Å². The van der Waals surface area contributed by atoms with Crippen molar-refractivity contribution in [1.29, 1.82) is 0 Å². The number of hydrogen-bond donors (Lipinski definition) is 1. The Morgan fingerprint density at radius 1 is 1.16 bits per heavy atom. The van der Waals surface area contributed by atoms with Crippen LogP contribution in [0.15, 0.2) is 42.6 Å². The van der Waals surface area contributed by atoms with E-state index in [1.54, 1.807) is 6.20 Å². The number of carbonyl (C=O) groups is 1. The molecule has 2 heterocycles. The van der Waals surface area contributed by atoms with E-state index in [-0.39, 0.29) is 10.7 Å². The quantitative estimate of drug-likeness (QED) is 0.757. The summed E-state index contributed by atoms with van der Waals surface area (Å²) in [5.41, 5.74) is 0.854. The molecule has 0 atom stereocenters. The topological polar surface area (TPSA) is 67.8 Å². The third-order valence-electron chi connectivity index (χ3n) is 3.27. The molecule has 25 heavy (non-hydrogen) atoms. The van der Waals surface area contributed by atoms with Crippen LogP contribution in [0.3, 0.4) is 0 Å². The molecule has 0 spiro atoms. The number of nitrogens with one attached hydrogen (secondary N) is 1. The molecule has 3 rings (SSSR count). The highest BCUT2D eigenvalue weighted by Crippen LogP contribution is 2.29. The van der Waals surface area contributed by atoms with Gasteiger partial charge in [-0.2, -0.15) is 22.5 Å². The van der Waals surface area contributed by atoms with Crippen molar-refractivity contribution in [3.8, 4) is 11.5 Å². The van der Waals surface area contributed by atoms with E-state index in [0.717, 1.165) is 41.4 Å². The number of nitrogens with zero attached hydrogens (tertiary/aromatic N) is 3. The lowest BCUT2D eigenvalue weighted by molar-refractivity contribution is -0.137. The number of amides is 1. The van der Waals surface area contributed by atoms with E-state index in [9.17, 15) is 18.0 Å². The van der Waals surface area contributed by atoms with E-state index in [0.29, 0.717) is 11.5 Å². The molecule has 128 valence electrons. The predicted octanol–water partition coefficient (Wildman–Crippen LogP) is 4.18. The summed E-state index contributed by atoms with van der Waals surface area (Å²) < 4.78 is 41.7. The second-order valence-electron chi connectivity index (χ2n) is 5.17. The van der Waals surface area contributed by atoms with Crippen molar-refractivity contribution in [2.75, 3.05) is 5.32 Å².